The van der Waals surface area contributed by atoms with Crippen LogP contribution in [0.1, 0.15) is 31.9 Å². The Labute approximate surface area is 116 Å². The molecule has 3 heteroatoms. The van der Waals surface area contributed by atoms with Crippen molar-refractivity contribution in [3.8, 4) is 0 Å². The Hall–Kier alpha value is -0.510. The normalized spacial score (nSPS) is 14.4. The van der Waals surface area contributed by atoms with E-state index in [1.807, 2.05) is 0 Å². The third kappa shape index (κ3) is 4.63. The molecule has 0 spiro atoms. The number of rotatable bonds is 8. The Morgan fingerprint density at radius 1 is 1.28 bits per heavy atom. The summed E-state index contributed by atoms with van der Waals surface area (Å²) >= 11 is 1.78. The first-order chi connectivity index (χ1) is 8.72. The molecule has 2 atom stereocenters. The van der Waals surface area contributed by atoms with Gasteiger partial charge in [-0.05, 0) is 42.8 Å². The van der Waals surface area contributed by atoms with Gasteiger partial charge >= 0.3 is 0 Å². The minimum absolute atomic E-state index is 0.418. The SMILES string of the molecule is CCNC(c1ccc(SC)cc1)C(C)CCOC. The van der Waals surface area contributed by atoms with Gasteiger partial charge in [-0.3, -0.25) is 0 Å². The first kappa shape index (κ1) is 15.5. The summed E-state index contributed by atoms with van der Waals surface area (Å²) in [6.45, 7) is 6.26. The minimum atomic E-state index is 0.418. The van der Waals surface area contributed by atoms with Crippen molar-refractivity contribution in [2.75, 3.05) is 26.5 Å². The van der Waals surface area contributed by atoms with Gasteiger partial charge in [-0.15, -0.1) is 11.8 Å². The number of methoxy groups -OCH3 is 1. The Morgan fingerprint density at radius 2 is 1.94 bits per heavy atom. The summed E-state index contributed by atoms with van der Waals surface area (Å²) in [5.41, 5.74) is 1.37. The van der Waals surface area contributed by atoms with Crippen LogP contribution in [0.15, 0.2) is 29.2 Å². The molecule has 0 saturated carbocycles. The van der Waals surface area contributed by atoms with Gasteiger partial charge in [0.05, 0.1) is 0 Å². The minimum Gasteiger partial charge on any atom is -0.385 e. The molecule has 0 aliphatic rings. The molecule has 1 rings (SSSR count). The van der Waals surface area contributed by atoms with Crippen LogP contribution in [0.25, 0.3) is 0 Å². The second-order valence-corrected chi connectivity index (χ2v) is 5.45. The average molecular weight is 267 g/mol. The lowest BCUT2D eigenvalue weighted by atomic mass is 9.92. The van der Waals surface area contributed by atoms with Crippen molar-refractivity contribution in [3.63, 3.8) is 0 Å². The molecule has 18 heavy (non-hydrogen) atoms. The van der Waals surface area contributed by atoms with Gasteiger partial charge in [0.25, 0.3) is 0 Å². The Balaban J connectivity index is 2.75. The maximum absolute atomic E-state index is 5.18. The summed E-state index contributed by atoms with van der Waals surface area (Å²) in [6.07, 6.45) is 3.19. The number of hydrogen-bond acceptors (Lipinski definition) is 3. The fraction of sp³-hybridized carbons (Fsp3) is 0.600. The van der Waals surface area contributed by atoms with Crippen LogP contribution in [-0.2, 0) is 4.74 Å². The zero-order valence-corrected chi connectivity index (χ0v) is 12.7. The van der Waals surface area contributed by atoms with Crippen molar-refractivity contribution in [1.82, 2.24) is 5.32 Å². The van der Waals surface area contributed by atoms with Gasteiger partial charge < -0.3 is 10.1 Å². The van der Waals surface area contributed by atoms with E-state index in [1.54, 1.807) is 18.9 Å². The first-order valence-corrected chi connectivity index (χ1v) is 7.81. The molecular formula is C15H25NOS. The smallest absolute Gasteiger partial charge is 0.0465 e. The van der Waals surface area contributed by atoms with Crippen molar-refractivity contribution in [3.05, 3.63) is 29.8 Å². The summed E-state index contributed by atoms with van der Waals surface area (Å²) in [5, 5.41) is 3.58. The number of nitrogens with one attached hydrogen (secondary N) is 1. The zero-order chi connectivity index (χ0) is 13.4. The van der Waals surface area contributed by atoms with Gasteiger partial charge in [0, 0.05) is 24.7 Å². The molecule has 0 aliphatic heterocycles. The topological polar surface area (TPSA) is 21.3 Å². The van der Waals surface area contributed by atoms with Crippen LogP contribution >= 0.6 is 11.8 Å². The van der Waals surface area contributed by atoms with E-state index in [0.717, 1.165) is 19.6 Å². The fourth-order valence-corrected chi connectivity index (χ4v) is 2.56. The highest BCUT2D eigenvalue weighted by molar-refractivity contribution is 7.98. The number of thioether (sulfide) groups is 1. The van der Waals surface area contributed by atoms with Gasteiger partial charge in [0.1, 0.15) is 0 Å². The van der Waals surface area contributed by atoms with Crippen LogP contribution in [-0.4, -0.2) is 26.5 Å². The van der Waals surface area contributed by atoms with Crippen LogP contribution in [0.5, 0.6) is 0 Å². The monoisotopic (exact) mass is 267 g/mol. The summed E-state index contributed by atoms with van der Waals surface area (Å²) in [7, 11) is 1.77. The molecule has 0 radical (unpaired) electrons. The second-order valence-electron chi connectivity index (χ2n) is 4.57. The maximum atomic E-state index is 5.18. The van der Waals surface area contributed by atoms with E-state index < -0.39 is 0 Å². The van der Waals surface area contributed by atoms with Crippen molar-refractivity contribution >= 4 is 11.8 Å². The molecule has 1 aromatic rings. The molecule has 0 aromatic heterocycles. The van der Waals surface area contributed by atoms with Crippen molar-refractivity contribution < 1.29 is 4.74 Å². The Morgan fingerprint density at radius 3 is 2.44 bits per heavy atom. The van der Waals surface area contributed by atoms with E-state index in [0.29, 0.717) is 12.0 Å². The Bertz CT molecular complexity index is 326. The van der Waals surface area contributed by atoms with E-state index in [2.05, 4.69) is 49.7 Å². The van der Waals surface area contributed by atoms with E-state index in [9.17, 15) is 0 Å². The van der Waals surface area contributed by atoms with Gasteiger partial charge in [-0.25, -0.2) is 0 Å². The molecule has 0 fully saturated rings. The third-order valence-corrected chi connectivity index (χ3v) is 3.99. The lowest BCUT2D eigenvalue weighted by Crippen LogP contribution is -2.27. The molecule has 2 unspecified atom stereocenters. The molecule has 2 nitrogen and oxygen atoms in total. The molecule has 1 aromatic carbocycles. The predicted octanol–water partition coefficient (Wildman–Crippen LogP) is 3.73. The van der Waals surface area contributed by atoms with E-state index in [4.69, 9.17) is 4.74 Å². The van der Waals surface area contributed by atoms with Gasteiger partial charge in [0.2, 0.25) is 0 Å². The maximum Gasteiger partial charge on any atom is 0.0465 e. The average Bonchev–Trinajstić information content (AvgIpc) is 2.42. The predicted molar refractivity (Wildman–Crippen MR) is 80.3 cm³/mol. The molecule has 0 heterocycles. The molecule has 0 aliphatic carbocycles. The summed E-state index contributed by atoms with van der Waals surface area (Å²) in [4.78, 5) is 1.32. The van der Waals surface area contributed by atoms with Crippen molar-refractivity contribution in [1.29, 1.82) is 0 Å². The molecule has 102 valence electrons. The molecule has 0 bridgehead atoms. The van der Waals surface area contributed by atoms with Gasteiger partial charge in [-0.2, -0.15) is 0 Å². The van der Waals surface area contributed by atoms with Crippen LogP contribution in [0.3, 0.4) is 0 Å². The lowest BCUT2D eigenvalue weighted by molar-refractivity contribution is 0.170. The standard InChI is InChI=1S/C15H25NOS/c1-5-16-15(12(2)10-11-17-3)13-6-8-14(18-4)9-7-13/h6-9,12,15-16H,5,10-11H2,1-4H3. The van der Waals surface area contributed by atoms with Crippen LogP contribution in [0.2, 0.25) is 0 Å². The number of ether oxygens (including phenoxy) is 1. The molecule has 0 saturated heterocycles. The summed E-state index contributed by atoms with van der Waals surface area (Å²) in [6, 6.07) is 9.30. The second kappa shape index (κ2) is 8.57. The first-order valence-electron chi connectivity index (χ1n) is 6.59. The molecular weight excluding hydrogens is 242 g/mol. The van der Waals surface area contributed by atoms with Gasteiger partial charge in [-0.1, -0.05) is 26.0 Å². The van der Waals surface area contributed by atoms with Crippen LogP contribution in [0.4, 0.5) is 0 Å². The summed E-state index contributed by atoms with van der Waals surface area (Å²) < 4.78 is 5.18. The quantitative estimate of drug-likeness (QED) is 0.725. The van der Waals surface area contributed by atoms with E-state index in [-0.39, 0.29) is 0 Å². The van der Waals surface area contributed by atoms with Crippen molar-refractivity contribution in [2.45, 2.75) is 31.2 Å². The van der Waals surface area contributed by atoms with E-state index in [1.165, 1.54) is 10.5 Å². The zero-order valence-electron chi connectivity index (χ0n) is 11.9. The van der Waals surface area contributed by atoms with E-state index >= 15 is 0 Å². The van der Waals surface area contributed by atoms with Gasteiger partial charge in [0.15, 0.2) is 0 Å². The largest absolute Gasteiger partial charge is 0.385 e. The number of benzene rings is 1. The summed E-state index contributed by atoms with van der Waals surface area (Å²) in [5.74, 6) is 0.574. The fourth-order valence-electron chi connectivity index (χ4n) is 2.15. The van der Waals surface area contributed by atoms with Crippen LogP contribution < -0.4 is 5.32 Å². The lowest BCUT2D eigenvalue weighted by Gasteiger charge is -2.25. The number of hydrogen-bond donors (Lipinski definition) is 1. The third-order valence-electron chi connectivity index (χ3n) is 3.25. The highest BCUT2D eigenvalue weighted by Gasteiger charge is 2.17. The van der Waals surface area contributed by atoms with Crippen molar-refractivity contribution in [2.24, 2.45) is 5.92 Å². The molecule has 0 amide bonds. The molecule has 1 N–H and O–H groups in total. The van der Waals surface area contributed by atoms with Crippen LogP contribution in [0, 0.1) is 5.92 Å². The Kier molecular flexibility index (Phi) is 7.40. The highest BCUT2D eigenvalue weighted by Crippen LogP contribution is 2.26. The highest BCUT2D eigenvalue weighted by atomic mass is 32.2.